The molecule has 8 heteroatoms. The summed E-state index contributed by atoms with van der Waals surface area (Å²) in [6.45, 7) is 0. The zero-order valence-corrected chi connectivity index (χ0v) is 8.92. The lowest BCUT2D eigenvalue weighted by Crippen LogP contribution is -1.93. The highest BCUT2D eigenvalue weighted by Crippen LogP contribution is 2.28. The summed E-state index contributed by atoms with van der Waals surface area (Å²) in [4.78, 5) is 11.4. The first-order valence-corrected chi connectivity index (χ1v) is 4.64. The molecule has 1 aromatic carbocycles. The van der Waals surface area contributed by atoms with Gasteiger partial charge in [-0.3, -0.25) is 10.1 Å². The fourth-order valence-corrected chi connectivity index (χ4v) is 1.39. The normalized spacial score (nSPS) is 10.4. The van der Waals surface area contributed by atoms with Gasteiger partial charge in [-0.15, -0.1) is 10.2 Å². The molecule has 2 aromatic rings. The van der Waals surface area contributed by atoms with E-state index in [1.165, 1.54) is 23.0 Å². The fraction of sp³-hybridized carbons (Fsp3) is 0.125. The Labute approximate surface area is 94.8 Å². The second kappa shape index (κ2) is 3.86. The van der Waals surface area contributed by atoms with Gasteiger partial charge in [0.2, 0.25) is 5.82 Å². The fourth-order valence-electron chi connectivity index (χ4n) is 1.19. The minimum Gasteiger partial charge on any atom is -0.258 e. The Morgan fingerprint density at radius 1 is 1.50 bits per heavy atom. The third-order valence-electron chi connectivity index (χ3n) is 1.91. The molecule has 0 spiro atoms. The summed E-state index contributed by atoms with van der Waals surface area (Å²) < 4.78 is 0. The lowest BCUT2D eigenvalue weighted by atomic mass is 10.2. The maximum atomic E-state index is 10.6. The first-order valence-electron chi connectivity index (χ1n) is 4.26. The van der Waals surface area contributed by atoms with Gasteiger partial charge in [0.05, 0.1) is 17.0 Å². The van der Waals surface area contributed by atoms with E-state index < -0.39 is 4.92 Å². The Morgan fingerprint density at radius 2 is 2.25 bits per heavy atom. The summed E-state index contributed by atoms with van der Waals surface area (Å²) in [5.41, 5.74) is 0.329. The Morgan fingerprint density at radius 3 is 2.81 bits per heavy atom. The predicted molar refractivity (Wildman–Crippen MR) is 55.9 cm³/mol. The molecule has 16 heavy (non-hydrogen) atoms. The summed E-state index contributed by atoms with van der Waals surface area (Å²) in [6.07, 6.45) is 0. The van der Waals surface area contributed by atoms with Gasteiger partial charge < -0.3 is 0 Å². The van der Waals surface area contributed by atoms with Crippen LogP contribution in [0.25, 0.3) is 11.4 Å². The molecule has 0 bridgehead atoms. The van der Waals surface area contributed by atoms with E-state index in [0.29, 0.717) is 10.6 Å². The van der Waals surface area contributed by atoms with Gasteiger partial charge in [0.25, 0.3) is 5.69 Å². The number of benzene rings is 1. The zero-order valence-electron chi connectivity index (χ0n) is 8.16. The number of nitro groups is 1. The summed E-state index contributed by atoms with van der Waals surface area (Å²) in [5.74, 6) is 0.260. The van der Waals surface area contributed by atoms with Gasteiger partial charge in [0, 0.05) is 17.7 Å². The molecule has 0 aliphatic rings. The number of hydrogen-bond acceptors (Lipinski definition) is 5. The summed E-state index contributed by atoms with van der Waals surface area (Å²) in [5, 5.41) is 22.3. The third kappa shape index (κ3) is 1.84. The summed E-state index contributed by atoms with van der Waals surface area (Å²) in [7, 11) is 1.60. The maximum Gasteiger partial charge on any atom is 0.270 e. The Balaban J connectivity index is 2.55. The molecule has 1 heterocycles. The maximum absolute atomic E-state index is 10.6. The van der Waals surface area contributed by atoms with E-state index in [0.717, 1.165) is 0 Å². The van der Waals surface area contributed by atoms with Gasteiger partial charge in [-0.1, -0.05) is 11.6 Å². The van der Waals surface area contributed by atoms with Crippen molar-refractivity contribution in [3.05, 3.63) is 33.3 Å². The Kier molecular flexibility index (Phi) is 2.53. The van der Waals surface area contributed by atoms with Crippen molar-refractivity contribution in [1.82, 2.24) is 20.2 Å². The van der Waals surface area contributed by atoms with Crippen LogP contribution in [0.3, 0.4) is 0 Å². The SMILES string of the molecule is Cn1nnc(-c2cc([N+](=O)[O-])ccc2Cl)n1. The molecule has 0 fully saturated rings. The molecule has 0 atom stereocenters. The lowest BCUT2D eigenvalue weighted by Gasteiger charge is -1.98. The molecule has 82 valence electrons. The van der Waals surface area contributed by atoms with E-state index >= 15 is 0 Å². The van der Waals surface area contributed by atoms with Crippen molar-refractivity contribution in [2.75, 3.05) is 0 Å². The second-order valence-corrected chi connectivity index (χ2v) is 3.43. The average molecular weight is 240 g/mol. The van der Waals surface area contributed by atoms with Crippen molar-refractivity contribution in [3.63, 3.8) is 0 Å². The van der Waals surface area contributed by atoms with Crippen LogP contribution in [0, 0.1) is 10.1 Å². The summed E-state index contributed by atoms with van der Waals surface area (Å²) >= 11 is 5.91. The van der Waals surface area contributed by atoms with Gasteiger partial charge in [-0.25, -0.2) is 0 Å². The van der Waals surface area contributed by atoms with E-state index in [2.05, 4.69) is 15.4 Å². The molecule has 0 N–H and O–H groups in total. The van der Waals surface area contributed by atoms with Gasteiger partial charge in [0.1, 0.15) is 0 Å². The topological polar surface area (TPSA) is 86.7 Å². The number of tetrazole rings is 1. The van der Waals surface area contributed by atoms with E-state index in [9.17, 15) is 10.1 Å². The highest BCUT2D eigenvalue weighted by atomic mass is 35.5. The van der Waals surface area contributed by atoms with Crippen LogP contribution in [-0.4, -0.2) is 25.1 Å². The molecule has 2 rings (SSSR count). The molecule has 0 radical (unpaired) electrons. The van der Waals surface area contributed by atoms with Crippen LogP contribution in [0.4, 0.5) is 5.69 Å². The quantitative estimate of drug-likeness (QED) is 0.585. The largest absolute Gasteiger partial charge is 0.270 e. The Bertz CT molecular complexity index is 553. The molecule has 0 aliphatic carbocycles. The average Bonchev–Trinajstić information content (AvgIpc) is 2.65. The van der Waals surface area contributed by atoms with Crippen molar-refractivity contribution in [1.29, 1.82) is 0 Å². The molecular formula is C8H6ClN5O2. The van der Waals surface area contributed by atoms with Gasteiger partial charge in [-0.2, -0.15) is 4.80 Å². The van der Waals surface area contributed by atoms with Gasteiger partial charge in [-0.05, 0) is 11.3 Å². The van der Waals surface area contributed by atoms with Crippen molar-refractivity contribution < 1.29 is 4.92 Å². The predicted octanol–water partition coefficient (Wildman–Crippen LogP) is 1.44. The lowest BCUT2D eigenvalue weighted by molar-refractivity contribution is -0.384. The molecule has 0 saturated carbocycles. The standard InChI is InChI=1S/C8H6ClN5O2/c1-13-11-8(10-12-13)6-4-5(14(15)16)2-3-7(6)9/h2-4H,1H3. The molecule has 0 saturated heterocycles. The minimum absolute atomic E-state index is 0.0631. The van der Waals surface area contributed by atoms with Crippen LogP contribution < -0.4 is 0 Å². The minimum atomic E-state index is -0.504. The van der Waals surface area contributed by atoms with Crippen LogP contribution in [0.15, 0.2) is 18.2 Å². The van der Waals surface area contributed by atoms with Crippen molar-refractivity contribution in [2.45, 2.75) is 0 Å². The first-order chi connectivity index (χ1) is 7.58. The molecular weight excluding hydrogens is 234 g/mol. The van der Waals surface area contributed by atoms with Crippen LogP contribution in [0.5, 0.6) is 0 Å². The number of nitro benzene ring substituents is 1. The second-order valence-electron chi connectivity index (χ2n) is 3.02. The zero-order chi connectivity index (χ0) is 11.7. The van der Waals surface area contributed by atoms with E-state index in [1.54, 1.807) is 7.05 Å². The monoisotopic (exact) mass is 239 g/mol. The van der Waals surface area contributed by atoms with Crippen LogP contribution >= 0.6 is 11.6 Å². The number of nitrogens with zero attached hydrogens (tertiary/aromatic N) is 5. The molecule has 0 unspecified atom stereocenters. The molecule has 7 nitrogen and oxygen atoms in total. The third-order valence-corrected chi connectivity index (χ3v) is 2.24. The first kappa shape index (κ1) is 10.5. The number of rotatable bonds is 2. The number of aromatic nitrogens is 4. The van der Waals surface area contributed by atoms with Crippen LogP contribution in [0.2, 0.25) is 5.02 Å². The number of non-ortho nitro benzene ring substituents is 1. The number of aryl methyl sites for hydroxylation is 1. The van der Waals surface area contributed by atoms with E-state index in [-0.39, 0.29) is 11.5 Å². The number of hydrogen-bond donors (Lipinski definition) is 0. The molecule has 1 aromatic heterocycles. The molecule has 0 aliphatic heterocycles. The van der Waals surface area contributed by atoms with E-state index in [1.807, 2.05) is 0 Å². The van der Waals surface area contributed by atoms with Crippen molar-refractivity contribution >= 4 is 17.3 Å². The number of halogens is 1. The Hall–Kier alpha value is -2.02. The van der Waals surface area contributed by atoms with E-state index in [4.69, 9.17) is 11.6 Å². The summed E-state index contributed by atoms with van der Waals surface area (Å²) in [6, 6.07) is 4.08. The highest BCUT2D eigenvalue weighted by Gasteiger charge is 2.14. The van der Waals surface area contributed by atoms with Crippen molar-refractivity contribution in [3.8, 4) is 11.4 Å². The van der Waals surface area contributed by atoms with Crippen molar-refractivity contribution in [2.24, 2.45) is 7.05 Å². The van der Waals surface area contributed by atoms with Crippen LogP contribution in [-0.2, 0) is 7.05 Å². The van der Waals surface area contributed by atoms with Gasteiger partial charge >= 0.3 is 0 Å². The molecule has 0 amide bonds. The van der Waals surface area contributed by atoms with Gasteiger partial charge in [0.15, 0.2) is 0 Å². The van der Waals surface area contributed by atoms with Crippen LogP contribution in [0.1, 0.15) is 0 Å². The smallest absolute Gasteiger partial charge is 0.258 e. The highest BCUT2D eigenvalue weighted by molar-refractivity contribution is 6.33.